The highest BCUT2D eigenvalue weighted by Crippen LogP contribution is 2.11. The van der Waals surface area contributed by atoms with Gasteiger partial charge >= 0.3 is 0 Å². The summed E-state index contributed by atoms with van der Waals surface area (Å²) in [6, 6.07) is 5.53. The molecule has 5 N–H and O–H groups in total. The summed E-state index contributed by atoms with van der Waals surface area (Å²) in [5.74, 6) is 0.0515. The quantitative estimate of drug-likeness (QED) is 0.282. The summed E-state index contributed by atoms with van der Waals surface area (Å²) in [6.07, 6.45) is 0. The molecule has 0 saturated carbocycles. The van der Waals surface area contributed by atoms with Crippen LogP contribution < -0.4 is 16.4 Å². The van der Waals surface area contributed by atoms with Gasteiger partial charge in [-0.2, -0.15) is 0 Å². The summed E-state index contributed by atoms with van der Waals surface area (Å²) in [6.45, 7) is 8.63. The van der Waals surface area contributed by atoms with Crippen LogP contribution in [-0.2, 0) is 11.3 Å². The van der Waals surface area contributed by atoms with Crippen LogP contribution in [0.4, 0.5) is 0 Å². The predicted molar refractivity (Wildman–Crippen MR) is 83.3 cm³/mol. The number of nitrogens with one attached hydrogen (secondary N) is 2. The zero-order valence-corrected chi connectivity index (χ0v) is 13.0. The van der Waals surface area contributed by atoms with Gasteiger partial charge in [-0.3, -0.25) is 4.79 Å². The van der Waals surface area contributed by atoms with E-state index in [1.54, 1.807) is 6.07 Å². The number of rotatable bonds is 5. The molecule has 0 heterocycles. The summed E-state index contributed by atoms with van der Waals surface area (Å²) in [5, 5.41) is 17.6. The first-order chi connectivity index (χ1) is 9.73. The maximum Gasteiger partial charge on any atom is 0.234 e. The molecule has 1 aromatic rings. The number of amides is 1. The molecule has 0 bridgehead atoms. The third kappa shape index (κ3) is 5.83. The SMILES string of the molecule is Cc1cc(/C(N)=N/O)ccc1CNCC(=O)NC(C)(C)C. The highest BCUT2D eigenvalue weighted by Gasteiger charge is 2.13. The minimum atomic E-state index is -0.225. The normalized spacial score (nSPS) is 12.3. The van der Waals surface area contributed by atoms with Gasteiger partial charge in [0.2, 0.25) is 5.91 Å². The van der Waals surface area contributed by atoms with E-state index in [0.717, 1.165) is 11.1 Å². The number of nitrogens with zero attached hydrogens (tertiary/aromatic N) is 1. The molecule has 0 aliphatic rings. The van der Waals surface area contributed by atoms with Crippen molar-refractivity contribution in [1.82, 2.24) is 10.6 Å². The second kappa shape index (κ2) is 7.08. The highest BCUT2D eigenvalue weighted by molar-refractivity contribution is 5.97. The molecule has 0 aliphatic carbocycles. The number of benzene rings is 1. The Hall–Kier alpha value is -2.08. The summed E-state index contributed by atoms with van der Waals surface area (Å²) >= 11 is 0. The van der Waals surface area contributed by atoms with Crippen LogP contribution in [0.3, 0.4) is 0 Å². The van der Waals surface area contributed by atoms with E-state index in [-0.39, 0.29) is 23.8 Å². The van der Waals surface area contributed by atoms with Gasteiger partial charge in [0.25, 0.3) is 0 Å². The standard InChI is InChI=1S/C15H24N4O2/c1-10-7-11(14(16)19-21)5-6-12(10)8-17-9-13(20)18-15(2,3)4/h5-7,17,21H,8-9H2,1-4H3,(H2,16,19)(H,18,20). The fraction of sp³-hybridized carbons (Fsp3) is 0.467. The summed E-state index contributed by atoms with van der Waals surface area (Å²) in [4.78, 5) is 11.7. The number of hydrogen-bond acceptors (Lipinski definition) is 4. The number of oxime groups is 1. The van der Waals surface area contributed by atoms with Crippen LogP contribution in [0.25, 0.3) is 0 Å². The molecule has 6 heteroatoms. The van der Waals surface area contributed by atoms with E-state index in [1.807, 2.05) is 39.8 Å². The van der Waals surface area contributed by atoms with Crippen molar-refractivity contribution in [3.05, 3.63) is 34.9 Å². The van der Waals surface area contributed by atoms with Crippen LogP contribution in [0.2, 0.25) is 0 Å². The Kier molecular flexibility index (Phi) is 5.72. The second-order valence-corrected chi connectivity index (χ2v) is 6.03. The van der Waals surface area contributed by atoms with Gasteiger partial charge in [0, 0.05) is 17.6 Å². The van der Waals surface area contributed by atoms with Crippen molar-refractivity contribution >= 4 is 11.7 Å². The Morgan fingerprint density at radius 1 is 1.38 bits per heavy atom. The Morgan fingerprint density at radius 2 is 2.05 bits per heavy atom. The average Bonchev–Trinajstić information content (AvgIpc) is 2.37. The zero-order valence-electron chi connectivity index (χ0n) is 13.0. The molecule has 0 aromatic heterocycles. The number of nitrogens with two attached hydrogens (primary N) is 1. The van der Waals surface area contributed by atoms with Crippen molar-refractivity contribution in [3.8, 4) is 0 Å². The van der Waals surface area contributed by atoms with Crippen molar-refractivity contribution in [1.29, 1.82) is 0 Å². The van der Waals surface area contributed by atoms with Crippen molar-refractivity contribution in [2.75, 3.05) is 6.54 Å². The van der Waals surface area contributed by atoms with E-state index in [1.165, 1.54) is 0 Å². The number of hydrogen-bond donors (Lipinski definition) is 4. The summed E-state index contributed by atoms with van der Waals surface area (Å²) < 4.78 is 0. The largest absolute Gasteiger partial charge is 0.409 e. The lowest BCUT2D eigenvalue weighted by Crippen LogP contribution is -2.44. The molecule has 0 saturated heterocycles. The Bertz CT molecular complexity index is 533. The topological polar surface area (TPSA) is 99.7 Å². The minimum Gasteiger partial charge on any atom is -0.409 e. The molecule has 1 aromatic carbocycles. The van der Waals surface area contributed by atoms with E-state index in [4.69, 9.17) is 10.9 Å². The first-order valence-electron chi connectivity index (χ1n) is 6.82. The van der Waals surface area contributed by atoms with Gasteiger partial charge in [-0.1, -0.05) is 17.3 Å². The van der Waals surface area contributed by atoms with Gasteiger partial charge < -0.3 is 21.6 Å². The van der Waals surface area contributed by atoms with Crippen LogP contribution in [0.1, 0.15) is 37.5 Å². The predicted octanol–water partition coefficient (Wildman–Crippen LogP) is 1.09. The fourth-order valence-corrected chi connectivity index (χ4v) is 1.88. The smallest absolute Gasteiger partial charge is 0.234 e. The van der Waals surface area contributed by atoms with Gasteiger partial charge in [-0.15, -0.1) is 0 Å². The maximum absolute atomic E-state index is 11.7. The summed E-state index contributed by atoms with van der Waals surface area (Å²) in [5.41, 5.74) is 8.07. The lowest BCUT2D eigenvalue weighted by molar-refractivity contribution is -0.121. The van der Waals surface area contributed by atoms with Crippen molar-refractivity contribution in [3.63, 3.8) is 0 Å². The van der Waals surface area contributed by atoms with E-state index in [9.17, 15) is 4.79 Å². The molecule has 1 rings (SSSR count). The molecule has 1 amide bonds. The van der Waals surface area contributed by atoms with Crippen LogP contribution >= 0.6 is 0 Å². The third-order valence-electron chi connectivity index (χ3n) is 2.86. The molecule has 6 nitrogen and oxygen atoms in total. The Balaban J connectivity index is 2.55. The molecule has 0 radical (unpaired) electrons. The van der Waals surface area contributed by atoms with Crippen LogP contribution in [0.15, 0.2) is 23.4 Å². The number of carbonyl (C=O) groups excluding carboxylic acids is 1. The van der Waals surface area contributed by atoms with Crippen LogP contribution in [-0.4, -0.2) is 29.0 Å². The number of amidine groups is 1. The lowest BCUT2D eigenvalue weighted by atomic mass is 10.0. The molecule has 21 heavy (non-hydrogen) atoms. The molecule has 116 valence electrons. The minimum absolute atomic E-state index is 0.0339. The third-order valence-corrected chi connectivity index (χ3v) is 2.86. The Morgan fingerprint density at radius 3 is 2.57 bits per heavy atom. The van der Waals surface area contributed by atoms with Crippen LogP contribution in [0, 0.1) is 6.92 Å². The first-order valence-corrected chi connectivity index (χ1v) is 6.82. The van der Waals surface area contributed by atoms with E-state index >= 15 is 0 Å². The molecule has 0 aliphatic heterocycles. The van der Waals surface area contributed by atoms with Crippen molar-refractivity contribution < 1.29 is 10.0 Å². The van der Waals surface area contributed by atoms with E-state index in [2.05, 4.69) is 15.8 Å². The highest BCUT2D eigenvalue weighted by atomic mass is 16.4. The van der Waals surface area contributed by atoms with Crippen molar-refractivity contribution in [2.24, 2.45) is 10.9 Å². The van der Waals surface area contributed by atoms with Gasteiger partial charge in [0.05, 0.1) is 6.54 Å². The van der Waals surface area contributed by atoms with Gasteiger partial charge in [-0.25, -0.2) is 0 Å². The van der Waals surface area contributed by atoms with Crippen LogP contribution in [0.5, 0.6) is 0 Å². The second-order valence-electron chi connectivity index (χ2n) is 6.03. The molecule has 0 unspecified atom stereocenters. The van der Waals surface area contributed by atoms with Gasteiger partial charge in [0.15, 0.2) is 5.84 Å². The van der Waals surface area contributed by atoms with Gasteiger partial charge in [0.1, 0.15) is 0 Å². The molecule has 0 atom stereocenters. The van der Waals surface area contributed by atoms with E-state index < -0.39 is 0 Å². The number of aryl methyl sites for hydroxylation is 1. The van der Waals surface area contributed by atoms with Gasteiger partial charge in [-0.05, 0) is 44.9 Å². The molecule has 0 spiro atoms. The zero-order chi connectivity index (χ0) is 16.0. The lowest BCUT2D eigenvalue weighted by Gasteiger charge is -2.20. The molecular weight excluding hydrogens is 268 g/mol. The molecular formula is C15H24N4O2. The number of carbonyl (C=O) groups is 1. The average molecular weight is 292 g/mol. The van der Waals surface area contributed by atoms with E-state index in [0.29, 0.717) is 12.1 Å². The monoisotopic (exact) mass is 292 g/mol. The first kappa shape index (κ1) is 17.0. The van der Waals surface area contributed by atoms with Crippen molar-refractivity contribution in [2.45, 2.75) is 39.8 Å². The maximum atomic E-state index is 11.7. The fourth-order valence-electron chi connectivity index (χ4n) is 1.88. The molecule has 0 fully saturated rings. The summed E-state index contributed by atoms with van der Waals surface area (Å²) in [7, 11) is 0. The Labute approximate surface area is 125 Å².